The summed E-state index contributed by atoms with van der Waals surface area (Å²) in [4.78, 5) is 4.02. The van der Waals surface area contributed by atoms with Crippen LogP contribution in [-0.4, -0.2) is 25.4 Å². The molecule has 7 heteroatoms. The summed E-state index contributed by atoms with van der Waals surface area (Å²) in [5.41, 5.74) is 8.40. The molecule has 3 rings (SSSR count). The molecule has 0 saturated carbocycles. The highest BCUT2D eigenvalue weighted by Crippen LogP contribution is 2.24. The molecule has 5 N–H and O–H groups in total. The van der Waals surface area contributed by atoms with E-state index >= 15 is 0 Å². The van der Waals surface area contributed by atoms with Gasteiger partial charge >= 0.3 is 0 Å². The number of rotatable bonds is 3. The number of nitrogens with two attached hydrogens (primary N) is 1. The molecule has 0 spiro atoms. The van der Waals surface area contributed by atoms with Gasteiger partial charge in [-0.3, -0.25) is 10.2 Å². The molecule has 0 aliphatic carbocycles. The Bertz CT molecular complexity index is 625. The number of nitrogens with zero attached hydrogens (tertiary/aromatic N) is 3. The number of aromatic nitrogens is 5. The lowest BCUT2D eigenvalue weighted by Gasteiger charge is -2.07. The third kappa shape index (κ3) is 1.78. The normalized spacial score (nSPS) is 10.8. The minimum atomic E-state index is 0.545. The number of aromatic amines is 2. The summed E-state index contributed by atoms with van der Waals surface area (Å²) in [7, 11) is 0. The summed E-state index contributed by atoms with van der Waals surface area (Å²) in [6.45, 7) is 0.545. The van der Waals surface area contributed by atoms with Gasteiger partial charge in [0.2, 0.25) is 0 Å². The van der Waals surface area contributed by atoms with Crippen molar-refractivity contribution in [1.29, 1.82) is 0 Å². The van der Waals surface area contributed by atoms with E-state index in [4.69, 9.17) is 5.73 Å². The summed E-state index contributed by atoms with van der Waals surface area (Å²) in [5, 5.41) is 17.6. The highest BCUT2D eigenvalue weighted by atomic mass is 15.2. The molecule has 0 atom stereocenters. The highest BCUT2D eigenvalue weighted by molar-refractivity contribution is 5.88. The Morgan fingerprint density at radius 3 is 3.00 bits per heavy atom. The van der Waals surface area contributed by atoms with Crippen LogP contribution in [0.3, 0.4) is 0 Å². The summed E-state index contributed by atoms with van der Waals surface area (Å²) in [6.07, 6.45) is 3.21. The van der Waals surface area contributed by atoms with Crippen LogP contribution in [0.5, 0.6) is 0 Å². The van der Waals surface area contributed by atoms with E-state index in [9.17, 15) is 0 Å². The van der Waals surface area contributed by atoms with Crippen LogP contribution in [-0.2, 0) is 6.54 Å². The maximum atomic E-state index is 5.93. The summed E-state index contributed by atoms with van der Waals surface area (Å²) < 4.78 is 0. The van der Waals surface area contributed by atoms with Crippen LogP contribution in [0, 0.1) is 0 Å². The molecule has 17 heavy (non-hydrogen) atoms. The first-order valence-electron chi connectivity index (χ1n) is 5.13. The molecule has 7 nitrogen and oxygen atoms in total. The van der Waals surface area contributed by atoms with Gasteiger partial charge < -0.3 is 11.1 Å². The van der Waals surface area contributed by atoms with E-state index in [2.05, 4.69) is 30.7 Å². The zero-order valence-corrected chi connectivity index (χ0v) is 8.94. The molecule has 0 aliphatic heterocycles. The molecule has 86 valence electrons. The van der Waals surface area contributed by atoms with Gasteiger partial charge in [-0.25, -0.2) is 4.98 Å². The van der Waals surface area contributed by atoms with Crippen molar-refractivity contribution in [3.05, 3.63) is 30.5 Å². The maximum Gasteiger partial charge on any atom is 0.143 e. The second-order valence-corrected chi connectivity index (χ2v) is 3.68. The van der Waals surface area contributed by atoms with Gasteiger partial charge in [0.25, 0.3) is 0 Å². The Morgan fingerprint density at radius 2 is 2.18 bits per heavy atom. The number of fused-ring (bicyclic) bond motifs is 1. The van der Waals surface area contributed by atoms with Crippen LogP contribution in [0.25, 0.3) is 10.9 Å². The molecule has 0 fully saturated rings. The number of nitrogen functional groups attached to an aromatic ring is 1. The molecule has 3 aromatic rings. The molecule has 0 radical (unpaired) electrons. The fourth-order valence-electron chi connectivity index (χ4n) is 1.66. The predicted molar refractivity (Wildman–Crippen MR) is 64.2 cm³/mol. The van der Waals surface area contributed by atoms with E-state index in [0.717, 1.165) is 22.4 Å². The van der Waals surface area contributed by atoms with Crippen LogP contribution < -0.4 is 11.1 Å². The van der Waals surface area contributed by atoms with Crippen molar-refractivity contribution in [3.8, 4) is 0 Å². The van der Waals surface area contributed by atoms with Crippen LogP contribution >= 0.6 is 0 Å². The quantitative estimate of drug-likeness (QED) is 0.498. The average molecular weight is 229 g/mol. The van der Waals surface area contributed by atoms with Crippen molar-refractivity contribution < 1.29 is 0 Å². The summed E-state index contributed by atoms with van der Waals surface area (Å²) >= 11 is 0. The first-order valence-corrected chi connectivity index (χ1v) is 5.13. The standard InChI is InChI=1S/C10H11N7/c11-7-1-6-3-14-16-8(6)2-9(7)12-4-10-13-5-15-17-10/h1-3,5,12H,4,11H2,(H,14,16)(H,13,15,17). The van der Waals surface area contributed by atoms with Crippen LogP contribution in [0.15, 0.2) is 24.7 Å². The van der Waals surface area contributed by atoms with Crippen molar-refractivity contribution in [2.45, 2.75) is 6.54 Å². The smallest absolute Gasteiger partial charge is 0.143 e. The number of nitrogens with one attached hydrogen (secondary N) is 3. The molecule has 2 heterocycles. The lowest BCUT2D eigenvalue weighted by atomic mass is 10.2. The van der Waals surface area contributed by atoms with E-state index < -0.39 is 0 Å². The van der Waals surface area contributed by atoms with Crippen molar-refractivity contribution >= 4 is 22.3 Å². The van der Waals surface area contributed by atoms with Crippen molar-refractivity contribution in [2.75, 3.05) is 11.1 Å². The Labute approximate surface area is 96.4 Å². The molecular weight excluding hydrogens is 218 g/mol. The topological polar surface area (TPSA) is 108 Å². The SMILES string of the molecule is Nc1cc2cn[nH]c2cc1NCc1ncn[nH]1. The van der Waals surface area contributed by atoms with Crippen molar-refractivity contribution in [3.63, 3.8) is 0 Å². The van der Waals surface area contributed by atoms with Gasteiger partial charge in [0.1, 0.15) is 12.2 Å². The number of anilines is 2. The number of H-pyrrole nitrogens is 2. The Kier molecular flexibility index (Phi) is 2.14. The molecule has 0 aliphatic rings. The van der Waals surface area contributed by atoms with Gasteiger partial charge in [-0.15, -0.1) is 0 Å². The number of benzene rings is 1. The fourth-order valence-corrected chi connectivity index (χ4v) is 1.66. The van der Waals surface area contributed by atoms with E-state index in [1.165, 1.54) is 6.33 Å². The van der Waals surface area contributed by atoms with Gasteiger partial charge in [0.15, 0.2) is 0 Å². The third-order valence-corrected chi connectivity index (χ3v) is 2.52. The Morgan fingerprint density at radius 1 is 1.24 bits per heavy atom. The van der Waals surface area contributed by atoms with Crippen LogP contribution in [0.1, 0.15) is 5.82 Å². The summed E-state index contributed by atoms with van der Waals surface area (Å²) in [5.74, 6) is 0.758. The molecule has 0 bridgehead atoms. The first kappa shape index (κ1) is 9.64. The zero-order chi connectivity index (χ0) is 11.7. The van der Waals surface area contributed by atoms with E-state index in [-0.39, 0.29) is 0 Å². The van der Waals surface area contributed by atoms with Crippen LogP contribution in [0.2, 0.25) is 0 Å². The lowest BCUT2D eigenvalue weighted by Crippen LogP contribution is -2.03. The number of hydrogen-bond acceptors (Lipinski definition) is 5. The highest BCUT2D eigenvalue weighted by Gasteiger charge is 2.04. The van der Waals surface area contributed by atoms with E-state index in [1.807, 2.05) is 12.1 Å². The minimum absolute atomic E-state index is 0.545. The summed E-state index contributed by atoms with van der Waals surface area (Å²) in [6, 6.07) is 3.80. The van der Waals surface area contributed by atoms with Gasteiger partial charge in [-0.2, -0.15) is 10.2 Å². The van der Waals surface area contributed by atoms with Gasteiger partial charge in [-0.1, -0.05) is 0 Å². The molecule has 0 unspecified atom stereocenters. The van der Waals surface area contributed by atoms with Crippen molar-refractivity contribution in [2.24, 2.45) is 0 Å². The molecule has 2 aromatic heterocycles. The van der Waals surface area contributed by atoms with Gasteiger partial charge in [0, 0.05) is 5.39 Å². The second-order valence-electron chi connectivity index (χ2n) is 3.68. The first-order chi connectivity index (χ1) is 8.33. The Hall–Kier alpha value is -2.57. The fraction of sp³-hybridized carbons (Fsp3) is 0.100. The molecular formula is C10H11N7. The average Bonchev–Trinajstić information content (AvgIpc) is 2.95. The monoisotopic (exact) mass is 229 g/mol. The van der Waals surface area contributed by atoms with E-state index in [0.29, 0.717) is 12.2 Å². The van der Waals surface area contributed by atoms with Crippen LogP contribution in [0.4, 0.5) is 11.4 Å². The van der Waals surface area contributed by atoms with Crippen molar-refractivity contribution in [1.82, 2.24) is 25.4 Å². The Balaban J connectivity index is 1.86. The predicted octanol–water partition coefficient (Wildman–Crippen LogP) is 0.875. The largest absolute Gasteiger partial charge is 0.397 e. The molecule has 0 amide bonds. The maximum absolute atomic E-state index is 5.93. The van der Waals surface area contributed by atoms with Gasteiger partial charge in [-0.05, 0) is 12.1 Å². The van der Waals surface area contributed by atoms with E-state index in [1.54, 1.807) is 6.20 Å². The number of hydrogen-bond donors (Lipinski definition) is 4. The minimum Gasteiger partial charge on any atom is -0.397 e. The lowest BCUT2D eigenvalue weighted by molar-refractivity contribution is 0.955. The molecule has 0 saturated heterocycles. The second kappa shape index (κ2) is 3.78. The third-order valence-electron chi connectivity index (χ3n) is 2.52. The zero-order valence-electron chi connectivity index (χ0n) is 8.94. The molecule has 1 aromatic carbocycles. The van der Waals surface area contributed by atoms with Gasteiger partial charge in [0.05, 0.1) is 29.6 Å².